The lowest BCUT2D eigenvalue weighted by molar-refractivity contribution is -0.140. The molecule has 3 aromatic carbocycles. The first-order valence-electron chi connectivity index (χ1n) is 12.5. The molecule has 1 heterocycles. The van der Waals surface area contributed by atoms with Crippen molar-refractivity contribution in [3.8, 4) is 11.5 Å². The molecule has 1 N–H and O–H groups in total. The molecule has 0 unspecified atom stereocenters. The molecule has 0 bridgehead atoms. The lowest BCUT2D eigenvalue weighted by Crippen LogP contribution is -2.50. The Morgan fingerprint density at radius 3 is 2.13 bits per heavy atom. The van der Waals surface area contributed by atoms with Gasteiger partial charge in [0.15, 0.2) is 11.5 Å². The summed E-state index contributed by atoms with van der Waals surface area (Å²) in [4.78, 5) is 29.2. The number of hydrogen-bond donors (Lipinski definition) is 1. The van der Waals surface area contributed by atoms with Crippen LogP contribution in [-0.4, -0.2) is 37.0 Å². The third-order valence-corrected chi connectivity index (χ3v) is 6.29. The summed E-state index contributed by atoms with van der Waals surface area (Å²) in [6.45, 7) is 0.527. The topological polar surface area (TPSA) is 81.0 Å². The van der Waals surface area contributed by atoms with Crippen molar-refractivity contribution in [1.82, 2.24) is 10.2 Å². The van der Waals surface area contributed by atoms with Crippen molar-refractivity contribution in [2.75, 3.05) is 14.2 Å². The highest BCUT2D eigenvalue weighted by Gasteiger charge is 2.30. The molecule has 0 aliphatic rings. The highest BCUT2D eigenvalue weighted by molar-refractivity contribution is 5.88. The van der Waals surface area contributed by atoms with Crippen molar-refractivity contribution < 1.29 is 23.5 Å². The summed E-state index contributed by atoms with van der Waals surface area (Å²) in [5.74, 6) is 1.36. The van der Waals surface area contributed by atoms with E-state index in [0.717, 1.165) is 16.7 Å². The standard InChI is InChI=1S/C31H32N2O5/c1-36-28-16-15-25(19-29(28)37-2)20-30(34)33(22-24-12-7-4-8-13-24)27(18-23-10-5-3-6-11-23)31(35)32-21-26-14-9-17-38-26/h3-17,19,27H,18,20-22H2,1-2H3,(H,32,35)/t27-/m0/s1. The molecule has 7 nitrogen and oxygen atoms in total. The monoisotopic (exact) mass is 512 g/mol. The second kappa shape index (κ2) is 13.1. The van der Waals surface area contributed by atoms with E-state index in [1.54, 1.807) is 49.6 Å². The maximum atomic E-state index is 13.9. The van der Waals surface area contributed by atoms with Gasteiger partial charge >= 0.3 is 0 Å². The van der Waals surface area contributed by atoms with Crippen molar-refractivity contribution in [2.45, 2.75) is 32.0 Å². The second-order valence-corrected chi connectivity index (χ2v) is 8.88. The van der Waals surface area contributed by atoms with Gasteiger partial charge in [-0.25, -0.2) is 0 Å². The van der Waals surface area contributed by atoms with E-state index in [9.17, 15) is 9.59 Å². The van der Waals surface area contributed by atoms with E-state index in [1.807, 2.05) is 66.7 Å². The molecule has 0 spiro atoms. The maximum absolute atomic E-state index is 13.9. The van der Waals surface area contributed by atoms with Gasteiger partial charge < -0.3 is 24.1 Å². The molecule has 1 atom stereocenters. The number of carbonyl (C=O) groups is 2. The van der Waals surface area contributed by atoms with Crippen molar-refractivity contribution in [3.05, 3.63) is 120 Å². The Morgan fingerprint density at radius 2 is 1.50 bits per heavy atom. The van der Waals surface area contributed by atoms with Gasteiger partial charge in [-0.3, -0.25) is 9.59 Å². The summed E-state index contributed by atoms with van der Waals surface area (Å²) < 4.78 is 16.1. The predicted molar refractivity (Wildman–Crippen MR) is 145 cm³/mol. The van der Waals surface area contributed by atoms with Gasteiger partial charge in [0.05, 0.1) is 33.4 Å². The van der Waals surface area contributed by atoms with Crippen LogP contribution in [0.1, 0.15) is 22.5 Å². The maximum Gasteiger partial charge on any atom is 0.243 e. The highest BCUT2D eigenvalue weighted by Crippen LogP contribution is 2.28. The largest absolute Gasteiger partial charge is 0.493 e. The van der Waals surface area contributed by atoms with Crippen LogP contribution >= 0.6 is 0 Å². The Bertz CT molecular complexity index is 1310. The van der Waals surface area contributed by atoms with Crippen LogP contribution in [0.2, 0.25) is 0 Å². The Kier molecular flexibility index (Phi) is 9.18. The number of hydrogen-bond acceptors (Lipinski definition) is 5. The van der Waals surface area contributed by atoms with Crippen molar-refractivity contribution >= 4 is 11.8 Å². The summed E-state index contributed by atoms with van der Waals surface area (Å²) >= 11 is 0. The van der Waals surface area contributed by atoms with Gasteiger partial charge in [0.1, 0.15) is 11.8 Å². The van der Waals surface area contributed by atoms with E-state index in [-0.39, 0.29) is 24.8 Å². The second-order valence-electron chi connectivity index (χ2n) is 8.88. The summed E-state index contributed by atoms with van der Waals surface area (Å²) in [6, 6.07) is 27.7. The molecule has 7 heteroatoms. The molecule has 4 aromatic rings. The quantitative estimate of drug-likeness (QED) is 0.295. The van der Waals surface area contributed by atoms with Crippen molar-refractivity contribution in [2.24, 2.45) is 0 Å². The molecule has 4 rings (SSSR count). The molecule has 0 saturated carbocycles. The molecule has 0 aliphatic heterocycles. The molecule has 0 saturated heterocycles. The summed E-state index contributed by atoms with van der Waals surface area (Å²) in [6.07, 6.45) is 2.04. The van der Waals surface area contributed by atoms with Crippen LogP contribution in [0.25, 0.3) is 0 Å². The third kappa shape index (κ3) is 7.03. The first-order chi connectivity index (χ1) is 18.6. The average Bonchev–Trinajstić information content (AvgIpc) is 3.48. The zero-order valence-corrected chi connectivity index (χ0v) is 21.6. The van der Waals surface area contributed by atoms with Gasteiger partial charge in [-0.15, -0.1) is 0 Å². The van der Waals surface area contributed by atoms with E-state index in [1.165, 1.54) is 0 Å². The molecule has 1 aromatic heterocycles. The van der Waals surface area contributed by atoms with Crippen molar-refractivity contribution in [3.63, 3.8) is 0 Å². The van der Waals surface area contributed by atoms with Crippen LogP contribution in [0.5, 0.6) is 11.5 Å². The molecular weight excluding hydrogens is 480 g/mol. The fourth-order valence-corrected chi connectivity index (χ4v) is 4.31. The van der Waals surface area contributed by atoms with Gasteiger partial charge in [0.2, 0.25) is 11.8 Å². The minimum atomic E-state index is -0.736. The number of nitrogens with one attached hydrogen (secondary N) is 1. The number of rotatable bonds is 12. The summed E-state index contributed by atoms with van der Waals surface area (Å²) in [7, 11) is 3.13. The molecule has 38 heavy (non-hydrogen) atoms. The number of ether oxygens (including phenoxy) is 2. The molecular formula is C31H32N2O5. The molecule has 0 radical (unpaired) electrons. The number of nitrogens with zero attached hydrogens (tertiary/aromatic N) is 1. The molecule has 0 fully saturated rings. The van der Waals surface area contributed by atoms with E-state index >= 15 is 0 Å². The first-order valence-corrected chi connectivity index (χ1v) is 12.5. The van der Waals surface area contributed by atoms with Crippen LogP contribution in [0.3, 0.4) is 0 Å². The number of amides is 2. The zero-order valence-electron chi connectivity index (χ0n) is 21.6. The first kappa shape index (κ1) is 26.5. The lowest BCUT2D eigenvalue weighted by Gasteiger charge is -2.31. The Labute approximate surface area is 223 Å². The molecule has 196 valence electrons. The van der Waals surface area contributed by atoms with Crippen LogP contribution in [-0.2, 0) is 35.5 Å². The van der Waals surface area contributed by atoms with Gasteiger partial charge in [-0.05, 0) is 41.0 Å². The number of methoxy groups -OCH3 is 2. The Balaban J connectivity index is 1.64. The van der Waals surface area contributed by atoms with E-state index in [4.69, 9.17) is 13.9 Å². The number of benzene rings is 3. The fourth-order valence-electron chi connectivity index (χ4n) is 4.31. The average molecular weight is 513 g/mol. The minimum Gasteiger partial charge on any atom is -0.493 e. The molecule has 2 amide bonds. The Morgan fingerprint density at radius 1 is 0.816 bits per heavy atom. The SMILES string of the molecule is COc1ccc(CC(=O)N(Cc2ccccc2)[C@@H](Cc2ccccc2)C(=O)NCc2ccco2)cc1OC. The van der Waals surface area contributed by atoms with Crippen LogP contribution in [0, 0.1) is 0 Å². The van der Waals surface area contributed by atoms with Gasteiger partial charge in [0, 0.05) is 13.0 Å². The van der Waals surface area contributed by atoms with Crippen LogP contribution in [0.4, 0.5) is 0 Å². The number of carbonyl (C=O) groups excluding carboxylic acids is 2. The minimum absolute atomic E-state index is 0.101. The van der Waals surface area contributed by atoms with Crippen molar-refractivity contribution in [1.29, 1.82) is 0 Å². The van der Waals surface area contributed by atoms with E-state index in [0.29, 0.717) is 30.2 Å². The zero-order chi connectivity index (χ0) is 26.7. The van der Waals surface area contributed by atoms with Gasteiger partial charge in [0.25, 0.3) is 0 Å². The number of furan rings is 1. The van der Waals surface area contributed by atoms with Gasteiger partial charge in [-0.2, -0.15) is 0 Å². The Hall–Kier alpha value is -4.52. The predicted octanol–water partition coefficient (Wildman–Crippen LogP) is 4.80. The normalized spacial score (nSPS) is 11.4. The summed E-state index contributed by atoms with van der Waals surface area (Å²) in [5, 5.41) is 2.96. The highest BCUT2D eigenvalue weighted by atomic mass is 16.5. The lowest BCUT2D eigenvalue weighted by atomic mass is 10.0. The van der Waals surface area contributed by atoms with Crippen LogP contribution < -0.4 is 14.8 Å². The third-order valence-electron chi connectivity index (χ3n) is 6.29. The fraction of sp³-hybridized carbons (Fsp3) is 0.226. The summed E-state index contributed by atoms with van der Waals surface area (Å²) in [5.41, 5.74) is 2.66. The van der Waals surface area contributed by atoms with Crippen LogP contribution in [0.15, 0.2) is 102 Å². The van der Waals surface area contributed by atoms with E-state index in [2.05, 4.69) is 5.32 Å². The smallest absolute Gasteiger partial charge is 0.243 e. The van der Waals surface area contributed by atoms with Gasteiger partial charge in [-0.1, -0.05) is 66.7 Å². The van der Waals surface area contributed by atoms with E-state index < -0.39 is 6.04 Å². The molecule has 0 aliphatic carbocycles.